The average molecular weight is 410 g/mol. The summed E-state index contributed by atoms with van der Waals surface area (Å²) in [5.41, 5.74) is 1.31. The SMILES string of the molecule is CSc1cccc(C2CCN(C(=O)O)C(C)C2CO[Si](C)(C)C(C)(C)C)c1. The van der Waals surface area contributed by atoms with E-state index in [0.29, 0.717) is 19.1 Å². The molecule has 6 heteroatoms. The Bertz CT molecular complexity index is 659. The number of carboxylic acid groups (broad SMARTS) is 1. The molecule has 4 nitrogen and oxygen atoms in total. The normalized spacial score (nSPS) is 24.1. The number of rotatable bonds is 5. The van der Waals surface area contributed by atoms with Gasteiger partial charge in [0.15, 0.2) is 8.32 Å². The van der Waals surface area contributed by atoms with E-state index in [9.17, 15) is 9.90 Å². The highest BCUT2D eigenvalue weighted by atomic mass is 32.2. The van der Waals surface area contributed by atoms with E-state index in [-0.39, 0.29) is 17.0 Å². The first-order valence-electron chi connectivity index (χ1n) is 9.75. The molecule has 152 valence electrons. The van der Waals surface area contributed by atoms with Gasteiger partial charge in [-0.1, -0.05) is 32.9 Å². The fraction of sp³-hybridized carbons (Fsp3) is 0.667. The molecule has 1 aromatic carbocycles. The van der Waals surface area contributed by atoms with Crippen molar-refractivity contribution in [2.24, 2.45) is 5.92 Å². The van der Waals surface area contributed by atoms with Gasteiger partial charge >= 0.3 is 6.09 Å². The molecule has 1 aromatic rings. The Kier molecular flexibility index (Phi) is 7.09. The highest BCUT2D eigenvalue weighted by molar-refractivity contribution is 7.98. The molecule has 3 unspecified atom stereocenters. The van der Waals surface area contributed by atoms with Crippen LogP contribution in [-0.4, -0.2) is 49.9 Å². The van der Waals surface area contributed by atoms with Crippen molar-refractivity contribution in [2.75, 3.05) is 19.4 Å². The van der Waals surface area contributed by atoms with Gasteiger partial charge in [-0.25, -0.2) is 4.79 Å². The third kappa shape index (κ3) is 5.09. The van der Waals surface area contributed by atoms with Crippen molar-refractivity contribution >= 4 is 26.2 Å². The van der Waals surface area contributed by atoms with Crippen LogP contribution in [0.1, 0.15) is 45.6 Å². The Morgan fingerprint density at radius 3 is 2.59 bits per heavy atom. The molecule has 27 heavy (non-hydrogen) atoms. The molecule has 0 bridgehead atoms. The van der Waals surface area contributed by atoms with E-state index < -0.39 is 14.4 Å². The van der Waals surface area contributed by atoms with Crippen molar-refractivity contribution < 1.29 is 14.3 Å². The van der Waals surface area contributed by atoms with Crippen molar-refractivity contribution in [2.45, 2.75) is 69.1 Å². The summed E-state index contributed by atoms with van der Waals surface area (Å²) in [6, 6.07) is 8.64. The van der Waals surface area contributed by atoms with Gasteiger partial charge in [-0.3, -0.25) is 0 Å². The quantitative estimate of drug-likeness (QED) is 0.486. The summed E-state index contributed by atoms with van der Waals surface area (Å²) < 4.78 is 6.55. The smallest absolute Gasteiger partial charge is 0.407 e. The Morgan fingerprint density at radius 1 is 1.37 bits per heavy atom. The summed E-state index contributed by atoms with van der Waals surface area (Å²) in [5.74, 6) is 0.494. The van der Waals surface area contributed by atoms with Crippen LogP contribution in [0.15, 0.2) is 29.2 Å². The third-order valence-electron chi connectivity index (χ3n) is 6.52. The first kappa shape index (κ1) is 22.3. The lowest BCUT2D eigenvalue weighted by molar-refractivity contribution is 0.0517. The number of benzene rings is 1. The Labute approximate surface area is 169 Å². The first-order chi connectivity index (χ1) is 12.5. The minimum absolute atomic E-state index is 0.0519. The van der Waals surface area contributed by atoms with Gasteiger partial charge in [0, 0.05) is 30.0 Å². The van der Waals surface area contributed by atoms with Gasteiger partial charge in [0.2, 0.25) is 0 Å². The third-order valence-corrected chi connectivity index (χ3v) is 11.7. The van der Waals surface area contributed by atoms with E-state index >= 15 is 0 Å². The Hall–Kier alpha value is -0.983. The number of piperidine rings is 1. The molecule has 1 aliphatic heterocycles. The molecule has 1 N–H and O–H groups in total. The van der Waals surface area contributed by atoms with Crippen LogP contribution < -0.4 is 0 Å². The van der Waals surface area contributed by atoms with E-state index in [2.05, 4.69) is 64.4 Å². The molecule has 0 spiro atoms. The van der Waals surface area contributed by atoms with Gasteiger partial charge in [0.1, 0.15) is 0 Å². The van der Waals surface area contributed by atoms with Gasteiger partial charge in [0.05, 0.1) is 0 Å². The standard InChI is InChI=1S/C21H35NO3SSi/c1-15-19(14-25-27(6,7)21(2,3)4)18(11-12-22(15)20(23)24)16-9-8-10-17(13-16)26-5/h8-10,13,15,18-19H,11-12,14H2,1-7H3,(H,23,24). The molecule has 1 aliphatic rings. The maximum absolute atomic E-state index is 11.7. The number of thioether (sulfide) groups is 1. The van der Waals surface area contributed by atoms with E-state index in [1.54, 1.807) is 16.7 Å². The van der Waals surface area contributed by atoms with E-state index in [4.69, 9.17) is 4.43 Å². The molecule has 1 fully saturated rings. The van der Waals surface area contributed by atoms with Crippen LogP contribution in [-0.2, 0) is 4.43 Å². The van der Waals surface area contributed by atoms with Crippen LogP contribution in [0.4, 0.5) is 4.79 Å². The van der Waals surface area contributed by atoms with Crippen molar-refractivity contribution in [3.8, 4) is 0 Å². The minimum atomic E-state index is -1.89. The van der Waals surface area contributed by atoms with E-state index in [0.717, 1.165) is 6.42 Å². The molecular weight excluding hydrogens is 374 g/mol. The van der Waals surface area contributed by atoms with Crippen LogP contribution in [0.5, 0.6) is 0 Å². The van der Waals surface area contributed by atoms with Gasteiger partial charge in [-0.15, -0.1) is 11.8 Å². The maximum Gasteiger partial charge on any atom is 0.407 e. The summed E-state index contributed by atoms with van der Waals surface area (Å²) in [4.78, 5) is 14.6. The zero-order chi connectivity index (χ0) is 20.4. The average Bonchev–Trinajstić information content (AvgIpc) is 2.59. The van der Waals surface area contributed by atoms with Crippen LogP contribution in [0.3, 0.4) is 0 Å². The second kappa shape index (κ2) is 8.58. The molecule has 0 aliphatic carbocycles. The zero-order valence-electron chi connectivity index (χ0n) is 17.8. The van der Waals surface area contributed by atoms with Crippen molar-refractivity contribution in [1.29, 1.82) is 0 Å². The van der Waals surface area contributed by atoms with Crippen LogP contribution in [0.2, 0.25) is 18.1 Å². The number of carbonyl (C=O) groups is 1. The van der Waals surface area contributed by atoms with Crippen molar-refractivity contribution in [3.63, 3.8) is 0 Å². The lowest BCUT2D eigenvalue weighted by Crippen LogP contribution is -2.52. The molecule has 1 heterocycles. The molecule has 1 amide bonds. The summed E-state index contributed by atoms with van der Waals surface area (Å²) in [5, 5.41) is 9.76. The summed E-state index contributed by atoms with van der Waals surface area (Å²) in [6.07, 6.45) is 2.11. The monoisotopic (exact) mass is 409 g/mol. The molecular formula is C21H35NO3SSi. The predicted octanol–water partition coefficient (Wildman–Crippen LogP) is 5.90. The lowest BCUT2D eigenvalue weighted by atomic mass is 9.77. The number of likely N-dealkylation sites (tertiary alicyclic amines) is 1. The number of amides is 1. The maximum atomic E-state index is 11.7. The highest BCUT2D eigenvalue weighted by Gasteiger charge is 2.42. The number of nitrogens with zero attached hydrogens (tertiary/aromatic N) is 1. The predicted molar refractivity (Wildman–Crippen MR) is 116 cm³/mol. The molecule has 2 rings (SSSR count). The number of hydrogen-bond donors (Lipinski definition) is 1. The second-order valence-electron chi connectivity index (χ2n) is 9.12. The molecule has 0 saturated carbocycles. The summed E-state index contributed by atoms with van der Waals surface area (Å²) in [6.45, 7) is 14.5. The highest BCUT2D eigenvalue weighted by Crippen LogP contribution is 2.41. The van der Waals surface area contributed by atoms with Crippen LogP contribution >= 0.6 is 11.8 Å². The summed E-state index contributed by atoms with van der Waals surface area (Å²) in [7, 11) is -1.89. The molecule has 0 radical (unpaired) electrons. The van der Waals surface area contributed by atoms with Crippen LogP contribution in [0, 0.1) is 5.92 Å². The van der Waals surface area contributed by atoms with Gasteiger partial charge in [0.25, 0.3) is 0 Å². The van der Waals surface area contributed by atoms with Gasteiger partial charge < -0.3 is 14.4 Å². The van der Waals surface area contributed by atoms with Crippen LogP contribution in [0.25, 0.3) is 0 Å². The van der Waals surface area contributed by atoms with Gasteiger partial charge in [-0.05, 0) is 61.3 Å². The fourth-order valence-electron chi connectivity index (χ4n) is 3.60. The Morgan fingerprint density at radius 2 is 2.04 bits per heavy atom. The molecule has 3 atom stereocenters. The van der Waals surface area contributed by atoms with Crippen molar-refractivity contribution in [1.82, 2.24) is 4.90 Å². The fourth-order valence-corrected chi connectivity index (χ4v) is 5.11. The number of hydrogen-bond acceptors (Lipinski definition) is 3. The minimum Gasteiger partial charge on any atom is -0.465 e. The summed E-state index contributed by atoms with van der Waals surface area (Å²) >= 11 is 1.75. The largest absolute Gasteiger partial charge is 0.465 e. The lowest BCUT2D eigenvalue weighted by Gasteiger charge is -2.45. The van der Waals surface area contributed by atoms with Crippen molar-refractivity contribution in [3.05, 3.63) is 29.8 Å². The first-order valence-corrected chi connectivity index (χ1v) is 13.9. The second-order valence-corrected chi connectivity index (χ2v) is 14.8. The van der Waals surface area contributed by atoms with E-state index in [1.807, 2.05) is 6.92 Å². The molecule has 1 saturated heterocycles. The van der Waals surface area contributed by atoms with E-state index in [1.165, 1.54) is 10.5 Å². The zero-order valence-corrected chi connectivity index (χ0v) is 19.6. The Balaban J connectivity index is 2.29. The topological polar surface area (TPSA) is 49.8 Å². The van der Waals surface area contributed by atoms with Gasteiger partial charge in [-0.2, -0.15) is 0 Å². The molecule has 0 aromatic heterocycles.